The van der Waals surface area contributed by atoms with Gasteiger partial charge in [0.05, 0.1) is 23.8 Å². The van der Waals surface area contributed by atoms with Gasteiger partial charge in [0.25, 0.3) is 0 Å². The third-order valence-electron chi connectivity index (χ3n) is 2.40. The summed E-state index contributed by atoms with van der Waals surface area (Å²) in [6.07, 6.45) is 6.78. The zero-order valence-corrected chi connectivity index (χ0v) is 10.4. The lowest BCUT2D eigenvalue weighted by atomic mass is 10.3. The Morgan fingerprint density at radius 1 is 1.17 bits per heavy atom. The minimum Gasteiger partial charge on any atom is -0.384 e. The highest BCUT2D eigenvalue weighted by molar-refractivity contribution is 5.53. The summed E-state index contributed by atoms with van der Waals surface area (Å²) in [5, 5.41) is 10.3. The summed E-state index contributed by atoms with van der Waals surface area (Å²) in [4.78, 5) is 8.14. The van der Waals surface area contributed by atoms with Crippen LogP contribution in [-0.4, -0.2) is 28.2 Å². The van der Waals surface area contributed by atoms with E-state index in [0.717, 1.165) is 37.3 Å². The van der Waals surface area contributed by atoms with Gasteiger partial charge in [-0.15, -0.1) is 0 Å². The molecule has 18 heavy (non-hydrogen) atoms. The lowest BCUT2D eigenvalue weighted by molar-refractivity contribution is 0.410. The third-order valence-corrected chi connectivity index (χ3v) is 2.40. The van der Waals surface area contributed by atoms with Gasteiger partial charge in [0.15, 0.2) is 5.82 Å². The molecule has 0 saturated heterocycles. The Morgan fingerprint density at radius 2 is 1.94 bits per heavy atom. The van der Waals surface area contributed by atoms with Crippen molar-refractivity contribution >= 4 is 11.4 Å². The summed E-state index contributed by atoms with van der Waals surface area (Å²) in [5.41, 5.74) is 2.01. The van der Waals surface area contributed by atoms with Crippen LogP contribution < -0.4 is 10.6 Å². The maximum Gasteiger partial charge on any atom is 0.213 e. The topological polar surface area (TPSA) is 75.9 Å². The average molecular weight is 247 g/mol. The standard InChI is InChI=1S/C12H17N5O/c1-2-4-14-10-6-11(8-13-7-10)15-5-3-12-16-9-18-17-12/h6-9,14-15H,2-5H2,1H3. The fourth-order valence-corrected chi connectivity index (χ4v) is 1.52. The highest BCUT2D eigenvalue weighted by atomic mass is 16.5. The fourth-order valence-electron chi connectivity index (χ4n) is 1.52. The smallest absolute Gasteiger partial charge is 0.213 e. The number of nitrogens with one attached hydrogen (secondary N) is 2. The Morgan fingerprint density at radius 3 is 2.61 bits per heavy atom. The van der Waals surface area contributed by atoms with Crippen LogP contribution in [0, 0.1) is 0 Å². The van der Waals surface area contributed by atoms with E-state index in [1.54, 1.807) is 6.20 Å². The Kier molecular flexibility index (Phi) is 4.52. The first kappa shape index (κ1) is 12.3. The molecule has 0 radical (unpaired) electrons. The maximum atomic E-state index is 4.67. The number of nitrogens with zero attached hydrogens (tertiary/aromatic N) is 3. The van der Waals surface area contributed by atoms with Crippen LogP contribution >= 0.6 is 0 Å². The fraction of sp³-hybridized carbons (Fsp3) is 0.417. The van der Waals surface area contributed by atoms with E-state index in [1.165, 1.54) is 6.39 Å². The number of hydrogen-bond acceptors (Lipinski definition) is 6. The zero-order valence-electron chi connectivity index (χ0n) is 10.4. The van der Waals surface area contributed by atoms with Gasteiger partial charge in [-0.25, -0.2) is 0 Å². The summed E-state index contributed by atoms with van der Waals surface area (Å²) < 4.78 is 4.67. The molecule has 0 fully saturated rings. The van der Waals surface area contributed by atoms with Crippen LogP contribution in [-0.2, 0) is 6.42 Å². The summed E-state index contributed by atoms with van der Waals surface area (Å²) in [6, 6.07) is 2.04. The van der Waals surface area contributed by atoms with Crippen molar-refractivity contribution in [3.63, 3.8) is 0 Å². The summed E-state index contributed by atoms with van der Waals surface area (Å²) in [6.45, 7) is 3.83. The second kappa shape index (κ2) is 6.58. The second-order valence-corrected chi connectivity index (χ2v) is 3.91. The largest absolute Gasteiger partial charge is 0.384 e. The number of anilines is 2. The van der Waals surface area contributed by atoms with Crippen molar-refractivity contribution in [2.45, 2.75) is 19.8 Å². The van der Waals surface area contributed by atoms with Crippen LogP contribution in [0.4, 0.5) is 11.4 Å². The van der Waals surface area contributed by atoms with Crippen molar-refractivity contribution in [2.24, 2.45) is 0 Å². The van der Waals surface area contributed by atoms with Gasteiger partial charge in [0.2, 0.25) is 6.39 Å². The van der Waals surface area contributed by atoms with Gasteiger partial charge in [-0.2, -0.15) is 4.98 Å². The van der Waals surface area contributed by atoms with Crippen molar-refractivity contribution in [2.75, 3.05) is 23.7 Å². The predicted molar refractivity (Wildman–Crippen MR) is 69.5 cm³/mol. The molecule has 2 aromatic rings. The van der Waals surface area contributed by atoms with Crippen LogP contribution in [0.25, 0.3) is 0 Å². The lowest BCUT2D eigenvalue weighted by Crippen LogP contribution is -2.07. The van der Waals surface area contributed by atoms with E-state index in [1.807, 2.05) is 12.3 Å². The van der Waals surface area contributed by atoms with Gasteiger partial charge in [-0.3, -0.25) is 4.98 Å². The Balaban J connectivity index is 1.81. The molecular weight excluding hydrogens is 230 g/mol. The maximum absolute atomic E-state index is 4.67. The molecule has 0 saturated carbocycles. The molecule has 2 N–H and O–H groups in total. The van der Waals surface area contributed by atoms with Crippen molar-refractivity contribution in [3.8, 4) is 0 Å². The molecular formula is C12H17N5O. The van der Waals surface area contributed by atoms with E-state index in [2.05, 4.69) is 37.2 Å². The second-order valence-electron chi connectivity index (χ2n) is 3.91. The normalized spacial score (nSPS) is 10.3. The zero-order chi connectivity index (χ0) is 12.6. The first-order chi connectivity index (χ1) is 8.88. The van der Waals surface area contributed by atoms with Gasteiger partial charge < -0.3 is 15.2 Å². The van der Waals surface area contributed by atoms with Gasteiger partial charge in [-0.05, 0) is 12.5 Å². The Hall–Kier alpha value is -2.11. The molecule has 6 heteroatoms. The van der Waals surface area contributed by atoms with Crippen LogP contribution in [0.2, 0.25) is 0 Å². The Bertz CT molecular complexity index is 457. The average Bonchev–Trinajstić information content (AvgIpc) is 2.90. The van der Waals surface area contributed by atoms with E-state index >= 15 is 0 Å². The molecule has 0 aliphatic rings. The highest BCUT2D eigenvalue weighted by Gasteiger charge is 1.99. The van der Waals surface area contributed by atoms with Crippen molar-refractivity contribution in [1.82, 2.24) is 15.1 Å². The van der Waals surface area contributed by atoms with Gasteiger partial charge in [-0.1, -0.05) is 12.1 Å². The van der Waals surface area contributed by atoms with E-state index in [4.69, 9.17) is 0 Å². The van der Waals surface area contributed by atoms with Crippen LogP contribution in [0.3, 0.4) is 0 Å². The molecule has 0 aliphatic carbocycles. The molecule has 6 nitrogen and oxygen atoms in total. The molecule has 0 aromatic carbocycles. The van der Waals surface area contributed by atoms with Gasteiger partial charge >= 0.3 is 0 Å². The van der Waals surface area contributed by atoms with E-state index in [0.29, 0.717) is 5.82 Å². The van der Waals surface area contributed by atoms with Gasteiger partial charge in [0.1, 0.15) is 0 Å². The number of rotatable bonds is 7. The minimum absolute atomic E-state index is 0.704. The van der Waals surface area contributed by atoms with Gasteiger partial charge in [0, 0.05) is 19.5 Å². The lowest BCUT2D eigenvalue weighted by Gasteiger charge is -2.08. The van der Waals surface area contributed by atoms with Crippen molar-refractivity contribution < 1.29 is 4.52 Å². The Labute approximate surface area is 106 Å². The van der Waals surface area contributed by atoms with Crippen molar-refractivity contribution in [3.05, 3.63) is 30.7 Å². The van der Waals surface area contributed by atoms with E-state index in [-0.39, 0.29) is 0 Å². The SMILES string of the molecule is CCCNc1cncc(NCCc2ncon2)c1. The number of aromatic nitrogens is 3. The molecule has 0 spiro atoms. The number of pyridine rings is 1. The summed E-state index contributed by atoms with van der Waals surface area (Å²) in [7, 11) is 0. The molecule has 0 aliphatic heterocycles. The first-order valence-electron chi connectivity index (χ1n) is 6.06. The minimum atomic E-state index is 0.704. The molecule has 96 valence electrons. The number of hydrogen-bond donors (Lipinski definition) is 2. The predicted octanol–water partition coefficient (Wildman–Crippen LogP) is 1.94. The highest BCUT2D eigenvalue weighted by Crippen LogP contribution is 2.12. The monoisotopic (exact) mass is 247 g/mol. The van der Waals surface area contributed by atoms with Crippen LogP contribution in [0.1, 0.15) is 19.2 Å². The summed E-state index contributed by atoms with van der Waals surface area (Å²) in [5.74, 6) is 0.704. The molecule has 0 amide bonds. The van der Waals surface area contributed by atoms with E-state index in [9.17, 15) is 0 Å². The third kappa shape index (κ3) is 3.73. The molecule has 0 atom stereocenters. The molecule has 2 aromatic heterocycles. The quantitative estimate of drug-likeness (QED) is 0.778. The first-order valence-corrected chi connectivity index (χ1v) is 6.06. The molecule has 0 bridgehead atoms. The van der Waals surface area contributed by atoms with Crippen LogP contribution in [0.5, 0.6) is 0 Å². The molecule has 2 heterocycles. The van der Waals surface area contributed by atoms with Crippen molar-refractivity contribution in [1.29, 1.82) is 0 Å². The molecule has 2 rings (SSSR count). The van der Waals surface area contributed by atoms with Crippen LogP contribution in [0.15, 0.2) is 29.4 Å². The summed E-state index contributed by atoms with van der Waals surface area (Å²) >= 11 is 0. The molecule has 0 unspecified atom stereocenters. The van der Waals surface area contributed by atoms with E-state index < -0.39 is 0 Å².